The molecule has 1 aromatic heterocycles. The summed E-state index contributed by atoms with van der Waals surface area (Å²) in [6.07, 6.45) is 0.895. The van der Waals surface area contributed by atoms with Gasteiger partial charge in [-0.3, -0.25) is 4.79 Å². The lowest BCUT2D eigenvalue weighted by Crippen LogP contribution is -2.46. The van der Waals surface area contributed by atoms with Crippen LogP contribution >= 0.6 is 11.6 Å². The Hall–Kier alpha value is -3.12. The smallest absolute Gasteiger partial charge is 0.228 e. The van der Waals surface area contributed by atoms with E-state index in [0.717, 1.165) is 23.4 Å². The minimum Gasteiger partial charge on any atom is -0.342 e. The maximum atomic E-state index is 11.0. The second-order valence-electron chi connectivity index (χ2n) is 6.56. The number of nitrogens with zero attached hydrogens (tertiary/aromatic N) is 4. The molecule has 0 saturated carbocycles. The van der Waals surface area contributed by atoms with Gasteiger partial charge in [-0.1, -0.05) is 41.9 Å². The van der Waals surface area contributed by atoms with E-state index in [-0.39, 0.29) is 0 Å². The van der Waals surface area contributed by atoms with Crippen molar-refractivity contribution >= 4 is 35.5 Å². The number of aromatic nitrogens is 2. The van der Waals surface area contributed by atoms with Crippen LogP contribution in [-0.4, -0.2) is 47.5 Å². The summed E-state index contributed by atoms with van der Waals surface area (Å²) < 4.78 is 0. The SMILES string of the molecule is O=CN1CCN(c2nc(Nc3ccc(Cl)cc3)cc(-c3ccccc3)n2)CC1. The molecule has 2 heterocycles. The standard InChI is InChI=1S/C21H20ClN5O/c22-17-6-8-18(9-7-17)23-20-14-19(16-4-2-1-3-5-16)24-21(25-20)27-12-10-26(15-28)11-13-27/h1-9,14-15H,10-13H2,(H,23,24,25). The number of carbonyl (C=O) groups excluding carboxylic acids is 1. The normalized spacial score (nSPS) is 14.0. The second-order valence-corrected chi connectivity index (χ2v) is 7.00. The van der Waals surface area contributed by atoms with Gasteiger partial charge in [-0.25, -0.2) is 4.98 Å². The summed E-state index contributed by atoms with van der Waals surface area (Å²) >= 11 is 5.98. The van der Waals surface area contributed by atoms with Crippen LogP contribution in [0.4, 0.5) is 17.5 Å². The summed E-state index contributed by atoms with van der Waals surface area (Å²) in [5.74, 6) is 1.37. The summed E-state index contributed by atoms with van der Waals surface area (Å²) in [7, 11) is 0. The Kier molecular flexibility index (Phi) is 5.39. The fourth-order valence-corrected chi connectivity index (χ4v) is 3.23. The molecule has 1 aliphatic heterocycles. The molecular weight excluding hydrogens is 374 g/mol. The predicted molar refractivity (Wildman–Crippen MR) is 112 cm³/mol. The quantitative estimate of drug-likeness (QED) is 0.668. The van der Waals surface area contributed by atoms with Gasteiger partial charge in [0.25, 0.3) is 0 Å². The van der Waals surface area contributed by atoms with Gasteiger partial charge in [-0.05, 0) is 24.3 Å². The summed E-state index contributed by atoms with van der Waals surface area (Å²) in [5.41, 5.74) is 2.77. The van der Waals surface area contributed by atoms with Gasteiger partial charge in [0.1, 0.15) is 5.82 Å². The van der Waals surface area contributed by atoms with Crippen molar-refractivity contribution in [3.05, 3.63) is 65.7 Å². The van der Waals surface area contributed by atoms with Gasteiger partial charge < -0.3 is 15.1 Å². The maximum absolute atomic E-state index is 11.0. The predicted octanol–water partition coefficient (Wildman–Crippen LogP) is 3.82. The fraction of sp³-hybridized carbons (Fsp3) is 0.190. The zero-order chi connectivity index (χ0) is 19.3. The summed E-state index contributed by atoms with van der Waals surface area (Å²) in [4.78, 5) is 24.4. The molecule has 4 rings (SSSR count). The molecule has 0 radical (unpaired) electrons. The highest BCUT2D eigenvalue weighted by molar-refractivity contribution is 6.30. The van der Waals surface area contributed by atoms with Crippen molar-refractivity contribution in [2.24, 2.45) is 0 Å². The molecule has 0 bridgehead atoms. The molecule has 142 valence electrons. The van der Waals surface area contributed by atoms with Crippen LogP contribution in [0, 0.1) is 0 Å². The molecule has 0 unspecified atom stereocenters. The highest BCUT2D eigenvalue weighted by Crippen LogP contribution is 2.26. The average molecular weight is 394 g/mol. The molecular formula is C21H20ClN5O. The largest absolute Gasteiger partial charge is 0.342 e. The number of amides is 1. The lowest BCUT2D eigenvalue weighted by atomic mass is 10.1. The van der Waals surface area contributed by atoms with Crippen LogP contribution in [0.2, 0.25) is 5.02 Å². The van der Waals surface area contributed by atoms with Crippen molar-refractivity contribution in [1.82, 2.24) is 14.9 Å². The first-order valence-electron chi connectivity index (χ1n) is 9.13. The minimum atomic E-state index is 0.656. The van der Waals surface area contributed by atoms with E-state index in [9.17, 15) is 4.79 Å². The third kappa shape index (κ3) is 4.23. The van der Waals surface area contributed by atoms with Gasteiger partial charge in [-0.15, -0.1) is 0 Å². The van der Waals surface area contributed by atoms with E-state index >= 15 is 0 Å². The molecule has 7 heteroatoms. The summed E-state index contributed by atoms with van der Waals surface area (Å²) in [5, 5.41) is 4.02. The number of nitrogens with one attached hydrogen (secondary N) is 1. The Labute approximate surface area is 168 Å². The van der Waals surface area contributed by atoms with Crippen LogP contribution in [0.5, 0.6) is 0 Å². The molecule has 2 aromatic carbocycles. The fourth-order valence-electron chi connectivity index (χ4n) is 3.11. The van der Waals surface area contributed by atoms with Crippen LogP contribution in [0.3, 0.4) is 0 Å². The Balaban J connectivity index is 1.67. The molecule has 3 aromatic rings. The van der Waals surface area contributed by atoms with E-state index in [1.165, 1.54) is 0 Å². The van der Waals surface area contributed by atoms with Crippen LogP contribution in [-0.2, 0) is 4.79 Å². The van der Waals surface area contributed by atoms with Gasteiger partial charge >= 0.3 is 0 Å². The van der Waals surface area contributed by atoms with E-state index < -0.39 is 0 Å². The van der Waals surface area contributed by atoms with Crippen LogP contribution in [0.1, 0.15) is 0 Å². The second kappa shape index (κ2) is 8.27. The highest BCUT2D eigenvalue weighted by atomic mass is 35.5. The van der Waals surface area contributed by atoms with Gasteiger partial charge in [0, 0.05) is 48.5 Å². The van der Waals surface area contributed by atoms with Crippen molar-refractivity contribution in [1.29, 1.82) is 0 Å². The van der Waals surface area contributed by atoms with Crippen molar-refractivity contribution in [2.45, 2.75) is 0 Å². The number of benzene rings is 2. The third-order valence-electron chi connectivity index (χ3n) is 4.65. The van der Waals surface area contributed by atoms with Gasteiger partial charge in [0.15, 0.2) is 0 Å². The zero-order valence-electron chi connectivity index (χ0n) is 15.3. The average Bonchev–Trinajstić information content (AvgIpc) is 2.76. The van der Waals surface area contributed by atoms with Crippen LogP contribution in [0.15, 0.2) is 60.7 Å². The lowest BCUT2D eigenvalue weighted by Gasteiger charge is -2.32. The van der Waals surface area contributed by atoms with Crippen molar-refractivity contribution < 1.29 is 4.79 Å². The first kappa shape index (κ1) is 18.3. The Bertz CT molecular complexity index is 941. The van der Waals surface area contributed by atoms with Crippen molar-refractivity contribution in [3.63, 3.8) is 0 Å². The van der Waals surface area contributed by atoms with E-state index in [1.807, 2.05) is 60.7 Å². The molecule has 0 aliphatic carbocycles. The molecule has 6 nitrogen and oxygen atoms in total. The number of piperazine rings is 1. The number of hydrogen-bond donors (Lipinski definition) is 1. The molecule has 28 heavy (non-hydrogen) atoms. The van der Waals surface area contributed by atoms with E-state index in [0.29, 0.717) is 43.0 Å². The van der Waals surface area contributed by atoms with E-state index in [4.69, 9.17) is 21.6 Å². The first-order chi connectivity index (χ1) is 13.7. The first-order valence-corrected chi connectivity index (χ1v) is 9.50. The number of halogens is 1. The molecule has 1 N–H and O–H groups in total. The Morgan fingerprint density at radius 3 is 2.32 bits per heavy atom. The Morgan fingerprint density at radius 2 is 1.64 bits per heavy atom. The third-order valence-corrected chi connectivity index (χ3v) is 4.90. The number of carbonyl (C=O) groups is 1. The van der Waals surface area contributed by atoms with Gasteiger partial charge in [0.05, 0.1) is 5.69 Å². The number of rotatable bonds is 5. The molecule has 0 spiro atoms. The maximum Gasteiger partial charge on any atom is 0.228 e. The topological polar surface area (TPSA) is 61.4 Å². The number of anilines is 3. The monoisotopic (exact) mass is 393 g/mol. The summed E-state index contributed by atoms with van der Waals surface area (Å²) in [6, 6.07) is 19.5. The minimum absolute atomic E-state index is 0.656. The number of hydrogen-bond acceptors (Lipinski definition) is 5. The van der Waals surface area contributed by atoms with Crippen molar-refractivity contribution in [3.8, 4) is 11.3 Å². The van der Waals surface area contributed by atoms with Crippen molar-refractivity contribution in [2.75, 3.05) is 36.4 Å². The highest BCUT2D eigenvalue weighted by Gasteiger charge is 2.19. The van der Waals surface area contributed by atoms with Gasteiger partial charge in [0.2, 0.25) is 12.4 Å². The van der Waals surface area contributed by atoms with Crippen LogP contribution in [0.25, 0.3) is 11.3 Å². The zero-order valence-corrected chi connectivity index (χ0v) is 16.0. The lowest BCUT2D eigenvalue weighted by molar-refractivity contribution is -0.118. The van der Waals surface area contributed by atoms with E-state index in [1.54, 1.807) is 4.90 Å². The molecule has 1 aliphatic rings. The van der Waals surface area contributed by atoms with E-state index in [2.05, 4.69) is 10.2 Å². The molecule has 1 fully saturated rings. The van der Waals surface area contributed by atoms with Gasteiger partial charge in [-0.2, -0.15) is 4.98 Å². The summed E-state index contributed by atoms with van der Waals surface area (Å²) in [6.45, 7) is 2.75. The molecule has 1 saturated heterocycles. The molecule has 1 amide bonds. The van der Waals surface area contributed by atoms with Crippen LogP contribution < -0.4 is 10.2 Å². The Morgan fingerprint density at radius 1 is 0.929 bits per heavy atom. The molecule has 0 atom stereocenters.